The zero-order valence-corrected chi connectivity index (χ0v) is 12.0. The molecular formula is C16H28N2. The molecule has 3 aliphatic heterocycles. The van der Waals surface area contributed by atoms with Crippen LogP contribution in [-0.2, 0) is 0 Å². The number of nitrogens with zero attached hydrogens (tertiary/aromatic N) is 1. The number of piperidine rings is 3. The molecule has 1 N–H and O–H groups in total. The Balaban J connectivity index is 1.48. The van der Waals surface area contributed by atoms with Crippen LogP contribution in [0, 0.1) is 17.8 Å². The molecule has 0 aromatic rings. The molecule has 3 saturated heterocycles. The fourth-order valence-electron chi connectivity index (χ4n) is 4.36. The van der Waals surface area contributed by atoms with Crippen molar-refractivity contribution in [3.8, 4) is 0 Å². The van der Waals surface area contributed by atoms with Gasteiger partial charge in [0, 0.05) is 12.6 Å². The summed E-state index contributed by atoms with van der Waals surface area (Å²) in [5.41, 5.74) is 1.61. The minimum Gasteiger partial charge on any atom is -0.312 e. The van der Waals surface area contributed by atoms with Gasteiger partial charge in [0.15, 0.2) is 0 Å². The molecule has 0 amide bonds. The van der Waals surface area contributed by atoms with Crippen molar-refractivity contribution in [1.29, 1.82) is 0 Å². The molecule has 4 rings (SSSR count). The second kappa shape index (κ2) is 5.34. The van der Waals surface area contributed by atoms with Crippen molar-refractivity contribution in [2.45, 2.75) is 45.6 Å². The number of rotatable bonds is 3. The van der Waals surface area contributed by atoms with E-state index >= 15 is 0 Å². The predicted octanol–water partition coefficient (Wildman–Crippen LogP) is 2.66. The highest BCUT2D eigenvalue weighted by Crippen LogP contribution is 2.30. The SMILES string of the molecule is CC1=CC(C)CC(CNC2CN3CCC2CC3)C1. The van der Waals surface area contributed by atoms with E-state index in [-0.39, 0.29) is 0 Å². The van der Waals surface area contributed by atoms with E-state index in [0.717, 1.165) is 23.8 Å². The summed E-state index contributed by atoms with van der Waals surface area (Å²) in [6.45, 7) is 9.92. The molecule has 0 aromatic heterocycles. The lowest BCUT2D eigenvalue weighted by atomic mass is 9.81. The van der Waals surface area contributed by atoms with Gasteiger partial charge in [0.25, 0.3) is 0 Å². The third-order valence-corrected chi connectivity index (χ3v) is 5.21. The minimum atomic E-state index is 0.786. The highest BCUT2D eigenvalue weighted by Gasteiger charge is 2.34. The fourth-order valence-corrected chi connectivity index (χ4v) is 4.36. The van der Waals surface area contributed by atoms with Crippen molar-refractivity contribution >= 4 is 0 Å². The standard InChI is InChI=1S/C16H28N2/c1-12-7-13(2)9-14(8-12)10-17-16-11-18-5-3-15(16)4-6-18/h7,12,14-17H,3-6,8-11H2,1-2H3. The van der Waals surface area contributed by atoms with Gasteiger partial charge < -0.3 is 10.2 Å². The van der Waals surface area contributed by atoms with Crippen LogP contribution in [0.5, 0.6) is 0 Å². The number of allylic oxidation sites excluding steroid dienone is 2. The Morgan fingerprint density at radius 2 is 2.11 bits per heavy atom. The monoisotopic (exact) mass is 248 g/mol. The van der Waals surface area contributed by atoms with Crippen molar-refractivity contribution in [2.24, 2.45) is 17.8 Å². The minimum absolute atomic E-state index is 0.786. The summed E-state index contributed by atoms with van der Waals surface area (Å²) in [6, 6.07) is 0.786. The van der Waals surface area contributed by atoms with Crippen molar-refractivity contribution in [1.82, 2.24) is 10.2 Å². The van der Waals surface area contributed by atoms with E-state index in [2.05, 4.69) is 30.1 Å². The third-order valence-electron chi connectivity index (χ3n) is 5.21. The topological polar surface area (TPSA) is 15.3 Å². The van der Waals surface area contributed by atoms with Gasteiger partial charge in [-0.05, 0) is 70.0 Å². The first-order valence-electron chi connectivity index (χ1n) is 7.83. The number of fused-ring (bicyclic) bond motifs is 3. The molecule has 4 aliphatic rings. The van der Waals surface area contributed by atoms with E-state index in [1.807, 2.05) is 0 Å². The lowest BCUT2D eigenvalue weighted by Gasteiger charge is -2.45. The first-order valence-corrected chi connectivity index (χ1v) is 7.83. The maximum atomic E-state index is 3.89. The molecule has 3 fully saturated rings. The first-order chi connectivity index (χ1) is 8.70. The van der Waals surface area contributed by atoms with E-state index < -0.39 is 0 Å². The largest absolute Gasteiger partial charge is 0.312 e. The highest BCUT2D eigenvalue weighted by molar-refractivity contribution is 5.06. The van der Waals surface area contributed by atoms with Crippen LogP contribution in [0.3, 0.4) is 0 Å². The number of hydrogen-bond acceptors (Lipinski definition) is 2. The van der Waals surface area contributed by atoms with E-state index in [1.165, 1.54) is 51.9 Å². The molecule has 3 atom stereocenters. The molecule has 3 unspecified atom stereocenters. The van der Waals surface area contributed by atoms with Gasteiger partial charge in [-0.2, -0.15) is 0 Å². The lowest BCUT2D eigenvalue weighted by molar-refractivity contribution is 0.0702. The van der Waals surface area contributed by atoms with Gasteiger partial charge in [0.1, 0.15) is 0 Å². The maximum Gasteiger partial charge on any atom is 0.0224 e. The molecular weight excluding hydrogens is 220 g/mol. The van der Waals surface area contributed by atoms with Gasteiger partial charge in [0.2, 0.25) is 0 Å². The predicted molar refractivity (Wildman–Crippen MR) is 76.6 cm³/mol. The van der Waals surface area contributed by atoms with E-state index in [1.54, 1.807) is 5.57 Å². The molecule has 102 valence electrons. The summed E-state index contributed by atoms with van der Waals surface area (Å²) in [6.07, 6.45) is 8.02. The molecule has 2 heteroatoms. The molecule has 1 aliphatic carbocycles. The smallest absolute Gasteiger partial charge is 0.0224 e. The summed E-state index contributed by atoms with van der Waals surface area (Å²) < 4.78 is 0. The summed E-state index contributed by atoms with van der Waals surface area (Å²) in [4.78, 5) is 2.65. The molecule has 2 bridgehead atoms. The molecule has 3 heterocycles. The molecule has 0 radical (unpaired) electrons. The van der Waals surface area contributed by atoms with E-state index in [9.17, 15) is 0 Å². The van der Waals surface area contributed by atoms with Crippen LogP contribution in [0.4, 0.5) is 0 Å². The number of hydrogen-bond donors (Lipinski definition) is 1. The van der Waals surface area contributed by atoms with Gasteiger partial charge in [0.05, 0.1) is 0 Å². The number of nitrogens with one attached hydrogen (secondary N) is 1. The van der Waals surface area contributed by atoms with Crippen LogP contribution >= 0.6 is 0 Å². The Morgan fingerprint density at radius 3 is 2.72 bits per heavy atom. The highest BCUT2D eigenvalue weighted by atomic mass is 15.2. The van der Waals surface area contributed by atoms with Crippen LogP contribution in [0.15, 0.2) is 11.6 Å². The average Bonchev–Trinajstić information content (AvgIpc) is 2.37. The zero-order chi connectivity index (χ0) is 12.5. The molecule has 0 saturated carbocycles. The Morgan fingerprint density at radius 1 is 1.33 bits per heavy atom. The average molecular weight is 248 g/mol. The lowest BCUT2D eigenvalue weighted by Crippen LogP contribution is -2.56. The van der Waals surface area contributed by atoms with E-state index in [0.29, 0.717) is 0 Å². The summed E-state index contributed by atoms with van der Waals surface area (Å²) in [5, 5.41) is 3.89. The van der Waals surface area contributed by atoms with Crippen LogP contribution in [0.1, 0.15) is 39.5 Å². The van der Waals surface area contributed by atoms with Crippen molar-refractivity contribution < 1.29 is 0 Å². The Kier molecular flexibility index (Phi) is 3.76. The van der Waals surface area contributed by atoms with Gasteiger partial charge in [-0.15, -0.1) is 0 Å². The Bertz CT molecular complexity index is 315. The quantitative estimate of drug-likeness (QED) is 0.773. The Labute approximate surface area is 112 Å². The molecule has 0 spiro atoms. The first kappa shape index (κ1) is 12.7. The van der Waals surface area contributed by atoms with Crippen LogP contribution in [0.2, 0.25) is 0 Å². The van der Waals surface area contributed by atoms with Crippen molar-refractivity contribution in [2.75, 3.05) is 26.2 Å². The Hall–Kier alpha value is -0.340. The van der Waals surface area contributed by atoms with Gasteiger partial charge >= 0.3 is 0 Å². The normalized spacial score (nSPS) is 43.9. The van der Waals surface area contributed by atoms with Crippen molar-refractivity contribution in [3.05, 3.63) is 11.6 Å². The summed E-state index contributed by atoms with van der Waals surface area (Å²) in [7, 11) is 0. The molecule has 0 aromatic carbocycles. The fraction of sp³-hybridized carbons (Fsp3) is 0.875. The summed E-state index contributed by atoms with van der Waals surface area (Å²) in [5.74, 6) is 2.63. The van der Waals surface area contributed by atoms with Crippen LogP contribution in [-0.4, -0.2) is 37.1 Å². The second-order valence-corrected chi connectivity index (χ2v) is 6.95. The molecule has 2 nitrogen and oxygen atoms in total. The summed E-state index contributed by atoms with van der Waals surface area (Å²) >= 11 is 0. The zero-order valence-electron chi connectivity index (χ0n) is 12.0. The maximum absolute atomic E-state index is 3.89. The molecule has 18 heavy (non-hydrogen) atoms. The van der Waals surface area contributed by atoms with Gasteiger partial charge in [-0.25, -0.2) is 0 Å². The van der Waals surface area contributed by atoms with E-state index in [4.69, 9.17) is 0 Å². The van der Waals surface area contributed by atoms with Gasteiger partial charge in [-0.1, -0.05) is 18.6 Å². The second-order valence-electron chi connectivity index (χ2n) is 6.95. The van der Waals surface area contributed by atoms with Crippen LogP contribution in [0.25, 0.3) is 0 Å². The van der Waals surface area contributed by atoms with Crippen molar-refractivity contribution in [3.63, 3.8) is 0 Å². The van der Waals surface area contributed by atoms with Gasteiger partial charge in [-0.3, -0.25) is 0 Å². The third kappa shape index (κ3) is 2.80. The van der Waals surface area contributed by atoms with Crippen LogP contribution < -0.4 is 5.32 Å².